The highest BCUT2D eigenvalue weighted by molar-refractivity contribution is 7.92. The van der Waals surface area contributed by atoms with Crippen molar-refractivity contribution in [3.05, 3.63) is 52.8 Å². The second-order valence-corrected chi connectivity index (χ2v) is 6.29. The summed E-state index contributed by atoms with van der Waals surface area (Å²) in [5, 5.41) is -0.0123. The Labute approximate surface area is 121 Å². The van der Waals surface area contributed by atoms with Crippen LogP contribution in [0.25, 0.3) is 0 Å². The Hall–Kier alpha value is -1.79. The number of nitrogens with one attached hydrogen (secondary N) is 1. The molecule has 7 heteroatoms. The molecule has 4 nitrogen and oxygen atoms in total. The summed E-state index contributed by atoms with van der Waals surface area (Å²) in [5.74, 6) is -0.742. The Morgan fingerprint density at radius 3 is 2.55 bits per heavy atom. The maximum atomic E-state index is 13.6. The fourth-order valence-electron chi connectivity index (χ4n) is 1.76. The first-order chi connectivity index (χ1) is 9.31. The predicted octanol–water partition coefficient (Wildman–Crippen LogP) is 3.17. The molecule has 0 bridgehead atoms. The molecule has 0 aliphatic rings. The van der Waals surface area contributed by atoms with Gasteiger partial charge in [-0.3, -0.25) is 4.72 Å². The van der Waals surface area contributed by atoms with E-state index in [1.807, 2.05) is 0 Å². The number of sulfonamides is 1. The van der Waals surface area contributed by atoms with Gasteiger partial charge >= 0.3 is 0 Å². The Morgan fingerprint density at radius 1 is 1.25 bits per heavy atom. The van der Waals surface area contributed by atoms with Crippen LogP contribution in [0.2, 0.25) is 5.02 Å². The summed E-state index contributed by atoms with van der Waals surface area (Å²) in [4.78, 5) is 0.0195. The van der Waals surface area contributed by atoms with Crippen LogP contribution in [0, 0.1) is 12.7 Å². The summed E-state index contributed by atoms with van der Waals surface area (Å²) in [7, 11) is -3.94. The molecule has 0 unspecified atom stereocenters. The number of hydrogen-bond acceptors (Lipinski definition) is 3. The fourth-order valence-corrected chi connectivity index (χ4v) is 3.34. The van der Waals surface area contributed by atoms with E-state index >= 15 is 0 Å². The van der Waals surface area contributed by atoms with Crippen LogP contribution in [0.1, 0.15) is 5.56 Å². The van der Waals surface area contributed by atoms with Gasteiger partial charge in [0.25, 0.3) is 10.0 Å². The monoisotopic (exact) mass is 314 g/mol. The van der Waals surface area contributed by atoms with Gasteiger partial charge in [0, 0.05) is 5.69 Å². The first kappa shape index (κ1) is 14.6. The average Bonchev–Trinajstić information content (AvgIpc) is 2.33. The van der Waals surface area contributed by atoms with Crippen molar-refractivity contribution in [1.82, 2.24) is 0 Å². The topological polar surface area (TPSA) is 72.2 Å². The van der Waals surface area contributed by atoms with Crippen molar-refractivity contribution in [3.63, 3.8) is 0 Å². The van der Waals surface area contributed by atoms with E-state index in [9.17, 15) is 12.8 Å². The lowest BCUT2D eigenvalue weighted by atomic mass is 10.2. The molecule has 2 rings (SSSR count). The van der Waals surface area contributed by atoms with Gasteiger partial charge in [-0.15, -0.1) is 0 Å². The lowest BCUT2D eigenvalue weighted by molar-refractivity contribution is 0.598. The molecular weight excluding hydrogens is 303 g/mol. The van der Waals surface area contributed by atoms with Crippen molar-refractivity contribution in [2.45, 2.75) is 11.8 Å². The van der Waals surface area contributed by atoms with Gasteiger partial charge in [0.05, 0.1) is 9.92 Å². The highest BCUT2D eigenvalue weighted by Crippen LogP contribution is 2.28. The number of nitrogen functional groups attached to an aromatic ring is 1. The molecular formula is C13H12ClFN2O2S. The molecule has 2 aromatic rings. The quantitative estimate of drug-likeness (QED) is 0.855. The maximum absolute atomic E-state index is 13.6. The molecule has 0 spiro atoms. The van der Waals surface area contributed by atoms with Crippen molar-refractivity contribution in [1.29, 1.82) is 0 Å². The van der Waals surface area contributed by atoms with Crippen molar-refractivity contribution >= 4 is 33.0 Å². The molecule has 0 saturated carbocycles. The van der Waals surface area contributed by atoms with Crippen LogP contribution in [-0.4, -0.2) is 8.42 Å². The molecule has 0 aliphatic carbocycles. The first-order valence-corrected chi connectivity index (χ1v) is 7.50. The van der Waals surface area contributed by atoms with Gasteiger partial charge in [0.15, 0.2) is 0 Å². The predicted molar refractivity (Wildman–Crippen MR) is 77.8 cm³/mol. The van der Waals surface area contributed by atoms with Gasteiger partial charge in [-0.1, -0.05) is 17.7 Å². The van der Waals surface area contributed by atoms with Crippen LogP contribution in [0.5, 0.6) is 0 Å². The van der Waals surface area contributed by atoms with Crippen molar-refractivity contribution in [2.24, 2.45) is 0 Å². The zero-order chi connectivity index (χ0) is 14.9. The molecule has 0 radical (unpaired) electrons. The number of benzene rings is 2. The van der Waals surface area contributed by atoms with Crippen LogP contribution in [0.4, 0.5) is 15.8 Å². The number of aryl methyl sites for hydroxylation is 1. The van der Waals surface area contributed by atoms with Crippen LogP contribution in [-0.2, 0) is 10.0 Å². The summed E-state index contributed by atoms with van der Waals surface area (Å²) < 4.78 is 40.3. The molecule has 0 saturated heterocycles. The van der Waals surface area contributed by atoms with Gasteiger partial charge in [0.1, 0.15) is 11.5 Å². The summed E-state index contributed by atoms with van der Waals surface area (Å²) in [5.41, 5.74) is 6.21. The molecule has 0 aromatic heterocycles. The van der Waals surface area contributed by atoms with E-state index in [1.54, 1.807) is 6.92 Å². The van der Waals surface area contributed by atoms with Crippen molar-refractivity contribution in [3.8, 4) is 0 Å². The largest absolute Gasteiger partial charge is 0.399 e. The Kier molecular flexibility index (Phi) is 3.87. The molecule has 3 N–H and O–H groups in total. The summed E-state index contributed by atoms with van der Waals surface area (Å²) >= 11 is 5.80. The lowest BCUT2D eigenvalue weighted by Crippen LogP contribution is -2.15. The first-order valence-electron chi connectivity index (χ1n) is 5.64. The minimum Gasteiger partial charge on any atom is -0.399 e. The minimum atomic E-state index is -3.94. The smallest absolute Gasteiger partial charge is 0.262 e. The highest BCUT2D eigenvalue weighted by Gasteiger charge is 2.20. The average molecular weight is 315 g/mol. The van der Waals surface area contributed by atoms with Gasteiger partial charge < -0.3 is 5.73 Å². The summed E-state index contributed by atoms with van der Waals surface area (Å²) in [6.07, 6.45) is 0. The van der Waals surface area contributed by atoms with E-state index in [-0.39, 0.29) is 15.6 Å². The van der Waals surface area contributed by atoms with Gasteiger partial charge in [0.2, 0.25) is 0 Å². The maximum Gasteiger partial charge on any atom is 0.262 e. The molecule has 0 atom stereocenters. The number of anilines is 2. The zero-order valence-corrected chi connectivity index (χ0v) is 12.1. The van der Waals surface area contributed by atoms with Gasteiger partial charge in [-0.2, -0.15) is 0 Å². The number of nitrogens with two attached hydrogens (primary N) is 1. The van der Waals surface area contributed by atoms with E-state index in [1.165, 1.54) is 30.3 Å². The van der Waals surface area contributed by atoms with Crippen molar-refractivity contribution < 1.29 is 12.8 Å². The number of hydrogen-bond donors (Lipinski definition) is 2. The summed E-state index contributed by atoms with van der Waals surface area (Å²) in [6, 6.07) is 8.27. The van der Waals surface area contributed by atoms with Gasteiger partial charge in [-0.05, 0) is 42.8 Å². The van der Waals surface area contributed by atoms with Crippen LogP contribution >= 0.6 is 11.6 Å². The molecule has 106 valence electrons. The van der Waals surface area contributed by atoms with Gasteiger partial charge in [-0.25, -0.2) is 12.8 Å². The summed E-state index contributed by atoms with van der Waals surface area (Å²) in [6.45, 7) is 1.61. The molecule has 20 heavy (non-hydrogen) atoms. The standard InChI is InChI=1S/C13H12ClFN2O2S/c1-8-7-9(16)5-6-12(8)20(18,19)17-13-10(14)3-2-4-11(13)15/h2-7,17H,16H2,1H3. The number of para-hydroxylation sites is 1. The van der Waals surface area contributed by atoms with Crippen molar-refractivity contribution in [2.75, 3.05) is 10.5 Å². The second-order valence-electron chi connectivity index (χ2n) is 4.23. The second kappa shape index (κ2) is 5.30. The highest BCUT2D eigenvalue weighted by atomic mass is 35.5. The number of halogens is 2. The van der Waals surface area contributed by atoms with Crippen LogP contribution in [0.15, 0.2) is 41.3 Å². The lowest BCUT2D eigenvalue weighted by Gasteiger charge is -2.12. The molecule has 0 aliphatic heterocycles. The van der Waals surface area contributed by atoms with Crippen LogP contribution < -0.4 is 10.5 Å². The van der Waals surface area contributed by atoms with E-state index in [0.29, 0.717) is 11.3 Å². The van der Waals surface area contributed by atoms with E-state index in [4.69, 9.17) is 17.3 Å². The number of rotatable bonds is 3. The third kappa shape index (κ3) is 2.86. The Bertz CT molecular complexity index is 743. The van der Waals surface area contributed by atoms with E-state index in [0.717, 1.165) is 6.07 Å². The van der Waals surface area contributed by atoms with E-state index in [2.05, 4.69) is 4.72 Å². The van der Waals surface area contributed by atoms with Crippen LogP contribution in [0.3, 0.4) is 0 Å². The van der Waals surface area contributed by atoms with E-state index < -0.39 is 15.8 Å². The Balaban J connectivity index is 2.46. The minimum absolute atomic E-state index is 0.0123. The zero-order valence-electron chi connectivity index (χ0n) is 10.5. The Morgan fingerprint density at radius 2 is 1.95 bits per heavy atom. The third-order valence-corrected chi connectivity index (χ3v) is 4.51. The molecule has 0 heterocycles. The molecule has 0 fully saturated rings. The molecule has 0 amide bonds. The molecule has 2 aromatic carbocycles. The fraction of sp³-hybridized carbons (Fsp3) is 0.0769. The third-order valence-electron chi connectivity index (χ3n) is 2.69. The SMILES string of the molecule is Cc1cc(N)ccc1S(=O)(=O)Nc1c(F)cccc1Cl. The normalized spacial score (nSPS) is 11.3.